The van der Waals surface area contributed by atoms with Gasteiger partial charge in [0, 0.05) is 12.2 Å². The highest BCUT2D eigenvalue weighted by Gasteiger charge is 2.35. The molecule has 1 saturated carbocycles. The molecule has 0 saturated heterocycles. The van der Waals surface area contributed by atoms with E-state index in [9.17, 15) is 0 Å². The topological polar surface area (TPSA) is 38.0 Å². The fraction of sp³-hybridized carbons (Fsp3) is 0.375. The number of nitrogens with two attached hydrogens (primary N) is 1. The molecule has 0 atom stereocenters. The van der Waals surface area contributed by atoms with Crippen LogP contribution in [0.2, 0.25) is 0 Å². The summed E-state index contributed by atoms with van der Waals surface area (Å²) in [5, 5.41) is 6.13. The fourth-order valence-corrected chi connectivity index (χ4v) is 2.72. The van der Waals surface area contributed by atoms with Gasteiger partial charge in [-0.3, -0.25) is 0 Å². The third-order valence-corrected chi connectivity index (χ3v) is 4.26. The largest absolute Gasteiger partial charge is 0.384 e. The minimum atomic E-state index is 0.353. The van der Waals surface area contributed by atoms with Crippen LogP contribution in [0.3, 0.4) is 0 Å². The zero-order valence-electron chi connectivity index (χ0n) is 10.7. The van der Waals surface area contributed by atoms with Crippen LogP contribution in [0.5, 0.6) is 0 Å². The summed E-state index contributed by atoms with van der Waals surface area (Å²) < 4.78 is 0. The molecule has 1 fully saturated rings. The van der Waals surface area contributed by atoms with E-state index in [2.05, 4.69) is 47.8 Å². The molecule has 0 radical (unpaired) electrons. The number of hydrogen-bond donors (Lipinski definition) is 2. The molecule has 2 nitrogen and oxygen atoms in total. The highest BCUT2D eigenvalue weighted by atomic mass is 14.9. The van der Waals surface area contributed by atoms with E-state index in [-0.39, 0.29) is 0 Å². The molecule has 0 aromatic heterocycles. The van der Waals surface area contributed by atoms with Crippen molar-refractivity contribution in [3.63, 3.8) is 0 Å². The molecule has 2 heteroatoms. The second-order valence-corrected chi connectivity index (χ2v) is 5.47. The van der Waals surface area contributed by atoms with Crippen molar-refractivity contribution < 1.29 is 0 Å². The quantitative estimate of drug-likeness (QED) is 0.859. The first kappa shape index (κ1) is 11.5. The first-order valence-electron chi connectivity index (χ1n) is 6.74. The average Bonchev–Trinajstić information content (AvgIpc) is 2.38. The maximum Gasteiger partial charge on any atom is 0.0346 e. The summed E-state index contributed by atoms with van der Waals surface area (Å²) in [7, 11) is 0. The zero-order chi connectivity index (χ0) is 12.4. The summed E-state index contributed by atoms with van der Waals surface area (Å²) in [6.45, 7) is 1.80. The SMILES string of the molecule is NCC1(CNc2ccc3ccccc3c2)CCC1. The highest BCUT2D eigenvalue weighted by Crippen LogP contribution is 2.39. The number of fused-ring (bicyclic) bond motifs is 1. The van der Waals surface area contributed by atoms with Crippen molar-refractivity contribution in [1.82, 2.24) is 0 Å². The number of rotatable bonds is 4. The summed E-state index contributed by atoms with van der Waals surface area (Å²) in [5.41, 5.74) is 7.44. The van der Waals surface area contributed by atoms with Crippen molar-refractivity contribution in [3.8, 4) is 0 Å². The van der Waals surface area contributed by atoms with Crippen molar-refractivity contribution in [3.05, 3.63) is 42.5 Å². The highest BCUT2D eigenvalue weighted by molar-refractivity contribution is 5.85. The molecular weight excluding hydrogens is 220 g/mol. The van der Waals surface area contributed by atoms with E-state index >= 15 is 0 Å². The van der Waals surface area contributed by atoms with Crippen molar-refractivity contribution in [2.24, 2.45) is 11.1 Å². The Morgan fingerprint density at radius 2 is 1.83 bits per heavy atom. The predicted octanol–water partition coefficient (Wildman–Crippen LogP) is 3.38. The molecule has 0 heterocycles. The van der Waals surface area contributed by atoms with Crippen LogP contribution in [0.1, 0.15) is 19.3 Å². The van der Waals surface area contributed by atoms with Crippen molar-refractivity contribution in [2.75, 3.05) is 18.4 Å². The first-order chi connectivity index (χ1) is 8.81. The van der Waals surface area contributed by atoms with E-state index in [4.69, 9.17) is 5.73 Å². The van der Waals surface area contributed by atoms with E-state index in [1.165, 1.54) is 35.7 Å². The molecular formula is C16H20N2. The molecule has 1 aliphatic rings. The lowest BCUT2D eigenvalue weighted by molar-refractivity contribution is 0.163. The Kier molecular flexibility index (Phi) is 2.96. The van der Waals surface area contributed by atoms with Gasteiger partial charge < -0.3 is 11.1 Å². The van der Waals surface area contributed by atoms with Gasteiger partial charge in [-0.15, -0.1) is 0 Å². The van der Waals surface area contributed by atoms with Crippen LogP contribution in [0.4, 0.5) is 5.69 Å². The van der Waals surface area contributed by atoms with Gasteiger partial charge in [-0.05, 0) is 47.7 Å². The second-order valence-electron chi connectivity index (χ2n) is 5.47. The van der Waals surface area contributed by atoms with Crippen LogP contribution >= 0.6 is 0 Å². The van der Waals surface area contributed by atoms with Crippen LogP contribution in [-0.2, 0) is 0 Å². The van der Waals surface area contributed by atoms with Crippen LogP contribution in [0.15, 0.2) is 42.5 Å². The number of hydrogen-bond acceptors (Lipinski definition) is 2. The Balaban J connectivity index is 1.74. The maximum absolute atomic E-state index is 5.88. The lowest BCUT2D eigenvalue weighted by Gasteiger charge is -2.41. The summed E-state index contributed by atoms with van der Waals surface area (Å²) in [6, 6.07) is 15.0. The van der Waals surface area contributed by atoms with E-state index in [0.717, 1.165) is 13.1 Å². The predicted molar refractivity (Wildman–Crippen MR) is 77.8 cm³/mol. The smallest absolute Gasteiger partial charge is 0.0346 e. The van der Waals surface area contributed by atoms with Crippen LogP contribution in [0, 0.1) is 5.41 Å². The molecule has 2 aromatic carbocycles. The second kappa shape index (κ2) is 4.62. The van der Waals surface area contributed by atoms with E-state index in [1.54, 1.807) is 0 Å². The van der Waals surface area contributed by atoms with Crippen molar-refractivity contribution in [1.29, 1.82) is 0 Å². The third-order valence-electron chi connectivity index (χ3n) is 4.26. The maximum atomic E-state index is 5.88. The standard InChI is InChI=1S/C16H20N2/c17-11-16(8-3-9-16)12-18-15-7-6-13-4-1-2-5-14(13)10-15/h1-2,4-7,10,18H,3,8-9,11-12,17H2. The summed E-state index contributed by atoms with van der Waals surface area (Å²) in [5.74, 6) is 0. The summed E-state index contributed by atoms with van der Waals surface area (Å²) in [4.78, 5) is 0. The zero-order valence-corrected chi connectivity index (χ0v) is 10.7. The van der Waals surface area contributed by atoms with E-state index in [0.29, 0.717) is 5.41 Å². The van der Waals surface area contributed by atoms with Gasteiger partial charge in [0.2, 0.25) is 0 Å². The van der Waals surface area contributed by atoms with Gasteiger partial charge in [0.25, 0.3) is 0 Å². The summed E-state index contributed by atoms with van der Waals surface area (Å²) >= 11 is 0. The van der Waals surface area contributed by atoms with E-state index in [1.807, 2.05) is 0 Å². The monoisotopic (exact) mass is 240 g/mol. The Bertz CT molecular complexity index is 538. The minimum absolute atomic E-state index is 0.353. The molecule has 0 amide bonds. The van der Waals surface area contributed by atoms with Crippen molar-refractivity contribution in [2.45, 2.75) is 19.3 Å². The van der Waals surface area contributed by atoms with Gasteiger partial charge in [-0.1, -0.05) is 36.8 Å². The molecule has 2 aromatic rings. The fourth-order valence-electron chi connectivity index (χ4n) is 2.72. The van der Waals surface area contributed by atoms with E-state index < -0.39 is 0 Å². The number of benzene rings is 2. The number of nitrogens with one attached hydrogen (secondary N) is 1. The minimum Gasteiger partial charge on any atom is -0.384 e. The Morgan fingerprint density at radius 3 is 2.50 bits per heavy atom. The summed E-state index contributed by atoms with van der Waals surface area (Å²) in [6.07, 6.45) is 3.87. The van der Waals surface area contributed by atoms with Gasteiger partial charge in [0.05, 0.1) is 0 Å². The molecule has 0 aliphatic heterocycles. The van der Waals surface area contributed by atoms with Crippen LogP contribution in [-0.4, -0.2) is 13.1 Å². The van der Waals surface area contributed by atoms with Crippen LogP contribution in [0.25, 0.3) is 10.8 Å². The van der Waals surface area contributed by atoms with Crippen molar-refractivity contribution >= 4 is 16.5 Å². The third kappa shape index (κ3) is 2.08. The molecule has 3 N–H and O–H groups in total. The first-order valence-corrected chi connectivity index (χ1v) is 6.74. The molecule has 0 bridgehead atoms. The lowest BCUT2D eigenvalue weighted by atomic mass is 9.69. The molecule has 1 aliphatic carbocycles. The van der Waals surface area contributed by atoms with Gasteiger partial charge in [0.1, 0.15) is 0 Å². The number of anilines is 1. The lowest BCUT2D eigenvalue weighted by Crippen LogP contribution is -2.42. The van der Waals surface area contributed by atoms with Gasteiger partial charge >= 0.3 is 0 Å². The molecule has 18 heavy (non-hydrogen) atoms. The van der Waals surface area contributed by atoms with Crippen LogP contribution < -0.4 is 11.1 Å². The van der Waals surface area contributed by atoms with Gasteiger partial charge in [0.15, 0.2) is 0 Å². The Morgan fingerprint density at radius 1 is 1.06 bits per heavy atom. The molecule has 0 spiro atoms. The molecule has 3 rings (SSSR count). The van der Waals surface area contributed by atoms with Gasteiger partial charge in [-0.25, -0.2) is 0 Å². The molecule has 94 valence electrons. The normalized spacial score (nSPS) is 17.4. The molecule has 0 unspecified atom stereocenters. The Labute approximate surface area is 108 Å². The van der Waals surface area contributed by atoms with Gasteiger partial charge in [-0.2, -0.15) is 0 Å². The average molecular weight is 240 g/mol. The Hall–Kier alpha value is -1.54.